The van der Waals surface area contributed by atoms with Crippen LogP contribution < -0.4 is 10.2 Å². The highest BCUT2D eigenvalue weighted by atomic mass is 16.6. The van der Waals surface area contributed by atoms with Gasteiger partial charge in [-0.2, -0.15) is 0 Å². The van der Waals surface area contributed by atoms with Crippen molar-refractivity contribution in [1.29, 1.82) is 0 Å². The number of esters is 1. The molecule has 210 valence electrons. The molecule has 2 amide bonds. The second kappa shape index (κ2) is 12.6. The highest BCUT2D eigenvalue weighted by molar-refractivity contribution is 6.38. The maximum absolute atomic E-state index is 13.3. The van der Waals surface area contributed by atoms with Gasteiger partial charge in [-0.25, -0.2) is 9.59 Å². The summed E-state index contributed by atoms with van der Waals surface area (Å²) >= 11 is 0. The Hall–Kier alpha value is -3.14. The number of anilines is 2. The van der Waals surface area contributed by atoms with Gasteiger partial charge in [-0.05, 0) is 58.6 Å². The summed E-state index contributed by atoms with van der Waals surface area (Å²) in [5, 5.41) is 13.0. The lowest BCUT2D eigenvalue weighted by atomic mass is 9.81. The van der Waals surface area contributed by atoms with Crippen LogP contribution in [0.2, 0.25) is 0 Å². The molecular weight excluding hydrogens is 490 g/mol. The van der Waals surface area contributed by atoms with Crippen molar-refractivity contribution in [1.82, 2.24) is 4.90 Å². The molecule has 1 heterocycles. The Morgan fingerprint density at radius 3 is 2.13 bits per heavy atom. The number of nitrogens with one attached hydrogen (secondary N) is 1. The van der Waals surface area contributed by atoms with E-state index in [-0.39, 0.29) is 6.04 Å². The van der Waals surface area contributed by atoms with Crippen LogP contribution >= 0.6 is 0 Å². The molecule has 1 aliphatic carbocycles. The fourth-order valence-corrected chi connectivity index (χ4v) is 5.57. The topological polar surface area (TPSA) is 125 Å². The van der Waals surface area contributed by atoms with E-state index in [1.165, 1.54) is 4.90 Å². The standard InChI is InChI=1S/C28H41N3O7/c1-27(2,3)38-26(36)29-21-12-8-9-13-22(21)31(23(32)24(33)37-4)20-14-18-30(19-15-20)28(25(34)35)16-10-6-5-7-11-17-28/h8-9,12-13,20H,5-7,10-11,14-19H2,1-4H3,(H,29,36)(H,34,35). The quantitative estimate of drug-likeness (QED) is 0.418. The molecule has 2 N–H and O–H groups in total. The van der Waals surface area contributed by atoms with Gasteiger partial charge in [0.15, 0.2) is 0 Å². The molecule has 2 aliphatic rings. The van der Waals surface area contributed by atoms with Gasteiger partial charge in [0, 0.05) is 19.1 Å². The first kappa shape index (κ1) is 29.4. The summed E-state index contributed by atoms with van der Waals surface area (Å²) in [6, 6.07) is 6.34. The van der Waals surface area contributed by atoms with Gasteiger partial charge in [0.05, 0.1) is 18.5 Å². The zero-order valence-corrected chi connectivity index (χ0v) is 23.0. The van der Waals surface area contributed by atoms with Crippen LogP contribution in [0.15, 0.2) is 24.3 Å². The maximum Gasteiger partial charge on any atom is 0.412 e. The molecule has 0 unspecified atom stereocenters. The van der Waals surface area contributed by atoms with Gasteiger partial charge in [-0.3, -0.25) is 24.7 Å². The molecule has 1 saturated heterocycles. The Kier molecular flexibility index (Phi) is 9.76. The number of aliphatic carboxylic acids is 1. The second-order valence-corrected chi connectivity index (χ2v) is 11.1. The minimum atomic E-state index is -1.01. The van der Waals surface area contributed by atoms with E-state index in [4.69, 9.17) is 9.47 Å². The van der Waals surface area contributed by atoms with Crippen molar-refractivity contribution < 1.29 is 33.8 Å². The second-order valence-electron chi connectivity index (χ2n) is 11.1. The number of hydrogen-bond donors (Lipinski definition) is 2. The van der Waals surface area contributed by atoms with Crippen molar-refractivity contribution in [3.63, 3.8) is 0 Å². The number of piperidine rings is 1. The van der Waals surface area contributed by atoms with Crippen LogP contribution in [-0.2, 0) is 23.9 Å². The number of methoxy groups -OCH3 is 1. The molecule has 0 atom stereocenters. The fourth-order valence-electron chi connectivity index (χ4n) is 5.57. The highest BCUT2D eigenvalue weighted by Crippen LogP contribution is 2.37. The van der Waals surface area contributed by atoms with Crippen LogP contribution in [0.5, 0.6) is 0 Å². The lowest BCUT2D eigenvalue weighted by molar-refractivity contribution is -0.155. The average Bonchev–Trinajstić information content (AvgIpc) is 2.84. The summed E-state index contributed by atoms with van der Waals surface area (Å²) in [5.41, 5.74) is -0.946. The zero-order valence-electron chi connectivity index (χ0n) is 23.0. The molecule has 10 nitrogen and oxygen atoms in total. The van der Waals surface area contributed by atoms with Gasteiger partial charge in [0.1, 0.15) is 11.1 Å². The Morgan fingerprint density at radius 1 is 1.00 bits per heavy atom. The van der Waals surface area contributed by atoms with Crippen molar-refractivity contribution in [2.24, 2.45) is 0 Å². The van der Waals surface area contributed by atoms with Crippen molar-refractivity contribution in [3.05, 3.63) is 24.3 Å². The summed E-state index contributed by atoms with van der Waals surface area (Å²) in [4.78, 5) is 54.2. The lowest BCUT2D eigenvalue weighted by Crippen LogP contribution is -2.60. The van der Waals surface area contributed by atoms with Gasteiger partial charge >= 0.3 is 23.9 Å². The van der Waals surface area contributed by atoms with E-state index in [9.17, 15) is 24.3 Å². The minimum absolute atomic E-state index is 0.323. The van der Waals surface area contributed by atoms with E-state index < -0.39 is 35.1 Å². The third kappa shape index (κ3) is 7.03. The average molecular weight is 532 g/mol. The fraction of sp³-hybridized carbons (Fsp3) is 0.643. The Balaban J connectivity index is 1.87. The number of carbonyl (C=O) groups excluding carboxylic acids is 3. The largest absolute Gasteiger partial charge is 0.480 e. The van der Waals surface area contributed by atoms with Gasteiger partial charge in [-0.15, -0.1) is 0 Å². The van der Waals surface area contributed by atoms with Gasteiger partial charge in [-0.1, -0.05) is 44.2 Å². The first-order chi connectivity index (χ1) is 18.0. The van der Waals surface area contributed by atoms with Gasteiger partial charge in [0.25, 0.3) is 0 Å². The molecule has 38 heavy (non-hydrogen) atoms. The van der Waals surface area contributed by atoms with E-state index in [0.29, 0.717) is 50.1 Å². The lowest BCUT2D eigenvalue weighted by Gasteiger charge is -2.47. The van der Waals surface area contributed by atoms with Gasteiger partial charge in [0.2, 0.25) is 0 Å². The van der Waals surface area contributed by atoms with Crippen LogP contribution in [0, 0.1) is 0 Å². The van der Waals surface area contributed by atoms with E-state index in [1.807, 2.05) is 0 Å². The SMILES string of the molecule is COC(=O)C(=O)N(c1ccccc1NC(=O)OC(C)(C)C)C1CCN(C2(C(=O)O)CCCCCCC2)CC1. The van der Waals surface area contributed by atoms with Crippen molar-refractivity contribution in [2.75, 3.05) is 30.4 Å². The predicted octanol–water partition coefficient (Wildman–Crippen LogP) is 4.57. The number of hydrogen-bond acceptors (Lipinski definition) is 7. The summed E-state index contributed by atoms with van der Waals surface area (Å²) in [6.07, 6.45) is 6.45. The third-order valence-electron chi connectivity index (χ3n) is 7.39. The van der Waals surface area contributed by atoms with Crippen LogP contribution in [0.4, 0.5) is 16.2 Å². The summed E-state index contributed by atoms with van der Waals surface area (Å²) < 4.78 is 10.1. The van der Waals surface area contributed by atoms with E-state index in [2.05, 4.69) is 10.2 Å². The minimum Gasteiger partial charge on any atom is -0.480 e. The maximum atomic E-state index is 13.3. The number of likely N-dealkylation sites (tertiary alicyclic amines) is 1. The summed E-state index contributed by atoms with van der Waals surface area (Å²) in [7, 11) is 1.15. The number of para-hydroxylation sites is 2. The number of benzene rings is 1. The molecular formula is C28H41N3O7. The highest BCUT2D eigenvalue weighted by Gasteiger charge is 2.46. The molecule has 3 rings (SSSR count). The van der Waals surface area contributed by atoms with Gasteiger partial charge < -0.3 is 14.6 Å². The van der Waals surface area contributed by atoms with E-state index in [1.54, 1.807) is 45.0 Å². The number of carbonyl (C=O) groups is 4. The number of carboxylic acids is 1. The molecule has 2 fully saturated rings. The Morgan fingerprint density at radius 2 is 1.58 bits per heavy atom. The monoisotopic (exact) mass is 531 g/mol. The number of nitrogens with zero attached hydrogens (tertiary/aromatic N) is 2. The predicted molar refractivity (Wildman–Crippen MR) is 143 cm³/mol. The molecule has 0 aromatic heterocycles. The normalized spacial score (nSPS) is 18.9. The van der Waals surface area contributed by atoms with Crippen molar-refractivity contribution in [3.8, 4) is 0 Å². The molecule has 1 aromatic carbocycles. The molecule has 1 aliphatic heterocycles. The van der Waals surface area contributed by atoms with Crippen molar-refractivity contribution in [2.45, 2.75) is 95.7 Å². The molecule has 0 spiro atoms. The van der Waals surface area contributed by atoms with Crippen LogP contribution in [0.3, 0.4) is 0 Å². The summed E-state index contributed by atoms with van der Waals surface area (Å²) in [5.74, 6) is -2.64. The number of amides is 2. The Labute approximate surface area is 224 Å². The zero-order chi connectivity index (χ0) is 27.9. The third-order valence-corrected chi connectivity index (χ3v) is 7.39. The smallest absolute Gasteiger partial charge is 0.412 e. The molecule has 0 bridgehead atoms. The van der Waals surface area contributed by atoms with Crippen molar-refractivity contribution >= 4 is 35.3 Å². The van der Waals surface area contributed by atoms with Crippen LogP contribution in [-0.4, -0.2) is 71.3 Å². The van der Waals surface area contributed by atoms with Crippen LogP contribution in [0.25, 0.3) is 0 Å². The Bertz CT molecular complexity index is 1000. The molecule has 1 aromatic rings. The number of carboxylic acid groups (broad SMARTS) is 1. The summed E-state index contributed by atoms with van der Waals surface area (Å²) in [6.45, 7) is 6.20. The first-order valence-corrected chi connectivity index (χ1v) is 13.5. The van der Waals surface area contributed by atoms with E-state index >= 15 is 0 Å². The number of ether oxygens (including phenoxy) is 2. The first-order valence-electron chi connectivity index (χ1n) is 13.5. The van der Waals surface area contributed by atoms with E-state index in [0.717, 1.165) is 39.2 Å². The molecule has 10 heteroatoms. The number of rotatable bonds is 5. The van der Waals surface area contributed by atoms with Crippen LogP contribution in [0.1, 0.15) is 78.6 Å². The molecule has 0 radical (unpaired) electrons. The molecule has 1 saturated carbocycles.